The maximum Gasteiger partial charge on any atom is 0.126 e. The van der Waals surface area contributed by atoms with Crippen LogP contribution in [0.1, 0.15) is 67.2 Å². The van der Waals surface area contributed by atoms with Crippen molar-refractivity contribution >= 4 is 28.2 Å². The molecule has 0 aliphatic rings. The molecule has 2 aromatic carbocycles. The lowest BCUT2D eigenvalue weighted by Crippen LogP contribution is -2.19. The quantitative estimate of drug-likeness (QED) is 0.388. The Balaban J connectivity index is 0.000000820. The van der Waals surface area contributed by atoms with Gasteiger partial charge in [0.15, 0.2) is 0 Å². The number of anilines is 2. The molecule has 33 heavy (non-hydrogen) atoms. The van der Waals surface area contributed by atoms with Gasteiger partial charge in [-0.3, -0.25) is 9.97 Å². The van der Waals surface area contributed by atoms with Crippen LogP contribution in [0.25, 0.3) is 22.2 Å². The highest BCUT2D eigenvalue weighted by Crippen LogP contribution is 2.32. The topological polar surface area (TPSA) is 58.1 Å². The molecule has 0 bridgehead atoms. The Hall–Kier alpha value is -2.95. The second kappa shape index (κ2) is 15.0. The van der Waals surface area contributed by atoms with Crippen molar-refractivity contribution < 1.29 is 4.79 Å². The highest BCUT2D eigenvalue weighted by Gasteiger charge is 2.12. The molecular formula is C28H42N4O. The molecule has 0 saturated carbocycles. The van der Waals surface area contributed by atoms with E-state index in [9.17, 15) is 4.79 Å². The van der Waals surface area contributed by atoms with Crippen LogP contribution in [0, 0.1) is 0 Å². The van der Waals surface area contributed by atoms with Gasteiger partial charge in [-0.2, -0.15) is 0 Å². The van der Waals surface area contributed by atoms with Crippen molar-refractivity contribution in [2.75, 3.05) is 24.3 Å². The number of ketones is 1. The van der Waals surface area contributed by atoms with E-state index < -0.39 is 0 Å². The predicted octanol–water partition coefficient (Wildman–Crippen LogP) is 7.37. The summed E-state index contributed by atoms with van der Waals surface area (Å²) in [6, 6.07) is 13.4. The third-order valence-corrected chi connectivity index (χ3v) is 4.89. The van der Waals surface area contributed by atoms with Crippen molar-refractivity contribution in [2.24, 2.45) is 0 Å². The number of hydrogen-bond acceptors (Lipinski definition) is 5. The van der Waals surface area contributed by atoms with Gasteiger partial charge >= 0.3 is 0 Å². The summed E-state index contributed by atoms with van der Waals surface area (Å²) in [5.41, 5.74) is 6.47. The fraction of sp³-hybridized carbons (Fsp3) is 0.464. The Bertz CT molecular complexity index is 975. The fourth-order valence-corrected chi connectivity index (χ4v) is 3.55. The van der Waals surface area contributed by atoms with Gasteiger partial charge in [-0.05, 0) is 56.5 Å². The summed E-state index contributed by atoms with van der Waals surface area (Å²) in [6.07, 6.45) is 8.26. The van der Waals surface area contributed by atoms with Crippen molar-refractivity contribution in [3.63, 3.8) is 0 Å². The second-order valence-electron chi connectivity index (χ2n) is 8.22. The predicted molar refractivity (Wildman–Crippen MR) is 144 cm³/mol. The van der Waals surface area contributed by atoms with E-state index in [1.54, 1.807) is 12.4 Å². The van der Waals surface area contributed by atoms with Crippen LogP contribution >= 0.6 is 0 Å². The van der Waals surface area contributed by atoms with Crippen LogP contribution in [0.2, 0.25) is 0 Å². The van der Waals surface area contributed by atoms with Crippen LogP contribution in [-0.2, 0) is 4.79 Å². The van der Waals surface area contributed by atoms with E-state index in [0.29, 0.717) is 6.04 Å². The molecule has 1 aromatic heterocycles. The number of Topliss-reactive ketones (excluding diaryl/α,β-unsaturated/α-hetero) is 1. The number of fused-ring (bicyclic) bond motifs is 1. The number of carbonyl (C=O) groups excluding carboxylic acids is 1. The number of rotatable bonds is 8. The normalized spacial score (nSPS) is 10.1. The van der Waals surface area contributed by atoms with Gasteiger partial charge in [0.05, 0.1) is 11.0 Å². The van der Waals surface area contributed by atoms with Gasteiger partial charge in [-0.25, -0.2) is 0 Å². The maximum atomic E-state index is 9.44. The van der Waals surface area contributed by atoms with Crippen molar-refractivity contribution in [1.82, 2.24) is 9.97 Å². The highest BCUT2D eigenvalue weighted by atomic mass is 16.1. The van der Waals surface area contributed by atoms with Crippen molar-refractivity contribution in [2.45, 2.75) is 73.3 Å². The van der Waals surface area contributed by atoms with Crippen LogP contribution in [0.15, 0.2) is 48.8 Å². The average molecular weight is 451 g/mol. The third kappa shape index (κ3) is 9.21. The number of nitrogens with zero attached hydrogens (tertiary/aromatic N) is 3. The minimum absolute atomic E-state index is 0.167. The van der Waals surface area contributed by atoms with E-state index in [4.69, 9.17) is 0 Å². The smallest absolute Gasteiger partial charge is 0.126 e. The lowest BCUT2D eigenvalue weighted by atomic mass is 10.0. The molecule has 180 valence electrons. The first kappa shape index (κ1) is 28.1. The van der Waals surface area contributed by atoms with Crippen LogP contribution in [0.3, 0.4) is 0 Å². The summed E-state index contributed by atoms with van der Waals surface area (Å²) in [6.45, 7) is 11.5. The number of carbonyl (C=O) groups is 1. The van der Waals surface area contributed by atoms with Gasteiger partial charge in [0, 0.05) is 49.5 Å². The minimum Gasteiger partial charge on any atom is -0.382 e. The van der Waals surface area contributed by atoms with E-state index in [0.717, 1.165) is 27.8 Å². The third-order valence-electron chi connectivity index (χ3n) is 4.89. The molecule has 3 rings (SSSR count). The van der Waals surface area contributed by atoms with Gasteiger partial charge < -0.3 is 15.0 Å². The Morgan fingerprint density at radius 1 is 0.970 bits per heavy atom. The summed E-state index contributed by atoms with van der Waals surface area (Å²) < 4.78 is 0. The van der Waals surface area contributed by atoms with Crippen LogP contribution in [0.4, 0.5) is 11.4 Å². The summed E-state index contributed by atoms with van der Waals surface area (Å²) in [5.74, 6) is 0.167. The van der Waals surface area contributed by atoms with Crippen molar-refractivity contribution in [3.8, 4) is 11.1 Å². The van der Waals surface area contributed by atoms with Gasteiger partial charge in [-0.1, -0.05) is 52.7 Å². The number of aromatic nitrogens is 2. The molecule has 1 heterocycles. The van der Waals surface area contributed by atoms with E-state index in [-0.39, 0.29) is 5.78 Å². The van der Waals surface area contributed by atoms with E-state index in [1.165, 1.54) is 45.2 Å². The molecule has 0 aliphatic heterocycles. The van der Waals surface area contributed by atoms with Crippen LogP contribution < -0.4 is 10.2 Å². The lowest BCUT2D eigenvalue weighted by Gasteiger charge is -2.20. The molecule has 0 spiro atoms. The SMILES string of the molecule is CC.CC(C)=O.CCCC(CCC)Nc1cc(-c2cccc(N(C)C)c2)c2nccnc2c1. The number of hydrogen-bond donors (Lipinski definition) is 1. The second-order valence-corrected chi connectivity index (χ2v) is 8.22. The number of benzene rings is 2. The first-order valence-electron chi connectivity index (χ1n) is 12.1. The Morgan fingerprint density at radius 2 is 1.58 bits per heavy atom. The monoisotopic (exact) mass is 450 g/mol. The van der Waals surface area contributed by atoms with Crippen molar-refractivity contribution in [1.29, 1.82) is 0 Å². The molecule has 5 heteroatoms. The molecule has 0 radical (unpaired) electrons. The van der Waals surface area contributed by atoms with Gasteiger partial charge in [-0.15, -0.1) is 0 Å². The lowest BCUT2D eigenvalue weighted by molar-refractivity contribution is -0.114. The average Bonchev–Trinajstić information content (AvgIpc) is 2.80. The summed E-state index contributed by atoms with van der Waals surface area (Å²) in [5, 5.41) is 3.74. The Morgan fingerprint density at radius 3 is 2.15 bits per heavy atom. The molecule has 5 nitrogen and oxygen atoms in total. The number of nitrogens with one attached hydrogen (secondary N) is 1. The molecule has 0 saturated heterocycles. The summed E-state index contributed by atoms with van der Waals surface area (Å²) in [4.78, 5) is 20.8. The molecule has 0 aliphatic carbocycles. The maximum absolute atomic E-state index is 9.44. The first-order chi connectivity index (χ1) is 15.8. The van der Waals surface area contributed by atoms with Crippen LogP contribution in [0.5, 0.6) is 0 Å². The highest BCUT2D eigenvalue weighted by molar-refractivity contribution is 5.95. The van der Waals surface area contributed by atoms with E-state index in [2.05, 4.69) is 84.5 Å². The summed E-state index contributed by atoms with van der Waals surface area (Å²) in [7, 11) is 4.13. The molecule has 0 amide bonds. The van der Waals surface area contributed by atoms with Gasteiger partial charge in [0.1, 0.15) is 5.78 Å². The Labute approximate surface area is 200 Å². The first-order valence-corrected chi connectivity index (χ1v) is 12.1. The largest absolute Gasteiger partial charge is 0.382 e. The zero-order valence-electron chi connectivity index (χ0n) is 21.8. The zero-order valence-corrected chi connectivity index (χ0v) is 21.8. The Kier molecular flexibility index (Phi) is 12.8. The molecular weight excluding hydrogens is 408 g/mol. The van der Waals surface area contributed by atoms with Gasteiger partial charge in [0.25, 0.3) is 0 Å². The molecule has 1 N–H and O–H groups in total. The zero-order chi connectivity index (χ0) is 24.8. The van der Waals surface area contributed by atoms with E-state index in [1.807, 2.05) is 13.8 Å². The minimum atomic E-state index is 0.167. The fourth-order valence-electron chi connectivity index (χ4n) is 3.55. The molecule has 0 unspecified atom stereocenters. The van der Waals surface area contributed by atoms with Gasteiger partial charge in [0.2, 0.25) is 0 Å². The summed E-state index contributed by atoms with van der Waals surface area (Å²) >= 11 is 0. The standard InChI is InChI=1S/C23H30N4.C3H6O.C2H6/c1-5-8-18(9-6-2)26-19-15-21(23-22(16-19)24-12-13-25-23)17-10-7-11-20(14-17)27(3)4;1-3(2)4;1-2/h7,10-16,18,26H,5-6,8-9H2,1-4H3;1-2H3;1-2H3. The van der Waals surface area contributed by atoms with Crippen molar-refractivity contribution in [3.05, 3.63) is 48.8 Å². The van der Waals surface area contributed by atoms with Crippen LogP contribution in [-0.4, -0.2) is 35.9 Å². The molecule has 0 atom stereocenters. The van der Waals surface area contributed by atoms with E-state index >= 15 is 0 Å². The molecule has 0 fully saturated rings. The molecule has 3 aromatic rings.